The lowest BCUT2D eigenvalue weighted by atomic mass is 9.97. The van der Waals surface area contributed by atoms with E-state index in [1.165, 1.54) is 4.68 Å². The number of piperidine rings is 1. The number of hydrogen-bond acceptors (Lipinski definition) is 6. The zero-order chi connectivity index (χ0) is 24.0. The predicted octanol–water partition coefficient (Wildman–Crippen LogP) is 1.66. The van der Waals surface area contributed by atoms with Crippen LogP contribution in [0.4, 0.5) is 5.82 Å². The lowest BCUT2D eigenvalue weighted by Gasteiger charge is -2.34. The third kappa shape index (κ3) is 3.78. The van der Waals surface area contributed by atoms with Crippen LogP contribution in [0.1, 0.15) is 35.3 Å². The van der Waals surface area contributed by atoms with Crippen molar-refractivity contribution in [3.63, 3.8) is 0 Å². The van der Waals surface area contributed by atoms with Gasteiger partial charge in [0.05, 0.1) is 5.52 Å². The number of nitrogens with two attached hydrogens (primary N) is 2. The second-order valence-electron chi connectivity index (χ2n) is 8.70. The summed E-state index contributed by atoms with van der Waals surface area (Å²) >= 11 is 5.94. The van der Waals surface area contributed by atoms with E-state index in [9.17, 15) is 14.4 Å². The summed E-state index contributed by atoms with van der Waals surface area (Å²) in [4.78, 5) is 44.5. The average Bonchev–Trinajstić information content (AvgIpc) is 3.52. The molecule has 0 spiro atoms. The van der Waals surface area contributed by atoms with Crippen molar-refractivity contribution < 1.29 is 14.4 Å². The highest BCUT2D eigenvalue weighted by Gasteiger charge is 2.51. The summed E-state index contributed by atoms with van der Waals surface area (Å²) in [5, 5.41) is 7.95. The van der Waals surface area contributed by atoms with Gasteiger partial charge in [-0.1, -0.05) is 35.9 Å². The largest absolute Gasteiger partial charge is 0.364 e. The normalized spacial score (nSPS) is 21.2. The van der Waals surface area contributed by atoms with Gasteiger partial charge >= 0.3 is 0 Å². The first-order valence-electron chi connectivity index (χ1n) is 11.1. The number of pyridine rings is 1. The molecule has 10 nitrogen and oxygen atoms in total. The number of nitrogens with one attached hydrogen (secondary N) is 1. The van der Waals surface area contributed by atoms with Crippen molar-refractivity contribution in [1.29, 1.82) is 0 Å². The molecule has 34 heavy (non-hydrogen) atoms. The molecule has 2 bridgehead atoms. The number of amides is 3. The second-order valence-corrected chi connectivity index (χ2v) is 9.08. The van der Waals surface area contributed by atoms with Crippen LogP contribution in [-0.2, 0) is 22.7 Å². The Morgan fingerprint density at radius 3 is 2.68 bits per heavy atom. The fraction of sp³-hybridized carbons (Fsp3) is 0.348. The standard InChI is InChI=1S/C23H24ClN7O3/c24-16-5-2-6-17(27-16)28-23(34)21-12-7-8-14(9-12)31(21)18(32)11-30-20-13(10-25)3-1-4-15(20)19(29-30)22(26)33/h1-6,12,14,21H,7-11,25H2,(H2,26,33)(H,27,28,34). The molecule has 2 aliphatic rings. The molecule has 11 heteroatoms. The van der Waals surface area contributed by atoms with E-state index in [1.807, 2.05) is 6.07 Å². The molecule has 1 aromatic carbocycles. The molecule has 3 amide bonds. The van der Waals surface area contributed by atoms with Crippen molar-refractivity contribution >= 4 is 46.0 Å². The SMILES string of the molecule is NCc1cccc2c(C(N)=O)nn(CC(=O)N3C4CCC(C4)C3C(=O)Nc3cccc(Cl)n3)c12. The van der Waals surface area contributed by atoms with Crippen molar-refractivity contribution in [2.24, 2.45) is 17.4 Å². The van der Waals surface area contributed by atoms with Crippen LogP contribution in [0.15, 0.2) is 36.4 Å². The van der Waals surface area contributed by atoms with E-state index >= 15 is 0 Å². The summed E-state index contributed by atoms with van der Waals surface area (Å²) in [6.07, 6.45) is 2.49. The van der Waals surface area contributed by atoms with Crippen molar-refractivity contribution in [3.8, 4) is 0 Å². The first kappa shape index (κ1) is 22.3. The van der Waals surface area contributed by atoms with Crippen molar-refractivity contribution in [2.45, 2.75) is 44.4 Å². The minimum Gasteiger partial charge on any atom is -0.364 e. The Balaban J connectivity index is 1.44. The van der Waals surface area contributed by atoms with Crippen LogP contribution in [0.3, 0.4) is 0 Å². The van der Waals surface area contributed by atoms with Gasteiger partial charge < -0.3 is 21.7 Å². The third-order valence-electron chi connectivity index (χ3n) is 6.70. The van der Waals surface area contributed by atoms with Crippen LogP contribution in [0, 0.1) is 5.92 Å². The number of rotatable bonds is 6. The Labute approximate surface area is 200 Å². The van der Waals surface area contributed by atoms with Crippen LogP contribution in [-0.4, -0.2) is 49.5 Å². The van der Waals surface area contributed by atoms with Gasteiger partial charge in [0.25, 0.3) is 5.91 Å². The number of likely N-dealkylation sites (tertiary alicyclic amines) is 1. The molecule has 1 aliphatic heterocycles. The lowest BCUT2D eigenvalue weighted by Crippen LogP contribution is -2.52. The van der Waals surface area contributed by atoms with Crippen molar-refractivity contribution in [2.75, 3.05) is 5.32 Å². The number of fused-ring (bicyclic) bond motifs is 3. The molecular formula is C23H24ClN7O3. The highest BCUT2D eigenvalue weighted by atomic mass is 35.5. The average molecular weight is 482 g/mol. The highest BCUT2D eigenvalue weighted by molar-refractivity contribution is 6.29. The summed E-state index contributed by atoms with van der Waals surface area (Å²) in [7, 11) is 0. The molecule has 1 aliphatic carbocycles. The minimum atomic E-state index is -0.683. The Kier molecular flexibility index (Phi) is 5.70. The molecule has 1 saturated heterocycles. The molecule has 5 rings (SSSR count). The van der Waals surface area contributed by atoms with Crippen LogP contribution < -0.4 is 16.8 Å². The molecule has 3 unspecified atom stereocenters. The summed E-state index contributed by atoms with van der Waals surface area (Å²) < 4.78 is 1.47. The van der Waals surface area contributed by atoms with Gasteiger partial charge in [-0.25, -0.2) is 4.98 Å². The van der Waals surface area contributed by atoms with Crippen LogP contribution in [0.5, 0.6) is 0 Å². The van der Waals surface area contributed by atoms with Crippen LogP contribution in [0.2, 0.25) is 5.15 Å². The van der Waals surface area contributed by atoms with Gasteiger partial charge in [-0.05, 0) is 42.9 Å². The fourth-order valence-corrected chi connectivity index (χ4v) is 5.51. The van der Waals surface area contributed by atoms with Gasteiger partial charge in [0.2, 0.25) is 11.8 Å². The number of nitrogens with zero attached hydrogens (tertiary/aromatic N) is 4. The Bertz CT molecular complexity index is 1310. The maximum atomic E-state index is 13.5. The molecular weight excluding hydrogens is 458 g/mol. The number of aromatic nitrogens is 3. The Morgan fingerprint density at radius 2 is 1.94 bits per heavy atom. The Hall–Kier alpha value is -3.50. The molecule has 0 radical (unpaired) electrons. The van der Waals surface area contributed by atoms with Gasteiger partial charge in [0, 0.05) is 18.0 Å². The van der Waals surface area contributed by atoms with Crippen molar-refractivity contribution in [3.05, 3.63) is 52.8 Å². The molecule has 1 saturated carbocycles. The minimum absolute atomic E-state index is 0.0213. The molecule has 2 aromatic heterocycles. The first-order chi connectivity index (χ1) is 16.4. The summed E-state index contributed by atoms with van der Waals surface area (Å²) in [5.41, 5.74) is 12.8. The molecule has 3 aromatic rings. The van der Waals surface area contributed by atoms with Gasteiger partial charge in [-0.2, -0.15) is 5.10 Å². The smallest absolute Gasteiger partial charge is 0.269 e. The van der Waals surface area contributed by atoms with E-state index < -0.39 is 11.9 Å². The number of halogens is 1. The van der Waals surface area contributed by atoms with Crippen molar-refractivity contribution in [1.82, 2.24) is 19.7 Å². The fourth-order valence-electron chi connectivity index (χ4n) is 5.35. The maximum Gasteiger partial charge on any atom is 0.269 e. The maximum absolute atomic E-state index is 13.5. The zero-order valence-electron chi connectivity index (χ0n) is 18.3. The topological polar surface area (TPSA) is 149 Å². The monoisotopic (exact) mass is 481 g/mol. The van der Waals surface area contributed by atoms with E-state index in [4.69, 9.17) is 23.1 Å². The third-order valence-corrected chi connectivity index (χ3v) is 6.91. The number of carbonyl (C=O) groups is 3. The van der Waals surface area contributed by atoms with Crippen LogP contribution >= 0.6 is 11.6 Å². The number of primary amides is 1. The van der Waals surface area contributed by atoms with Crippen LogP contribution in [0.25, 0.3) is 10.9 Å². The van der Waals surface area contributed by atoms with E-state index in [-0.39, 0.29) is 47.7 Å². The number of hydrogen-bond donors (Lipinski definition) is 3. The van der Waals surface area contributed by atoms with Gasteiger partial charge in [-0.3, -0.25) is 19.1 Å². The number of benzene rings is 1. The summed E-state index contributed by atoms with van der Waals surface area (Å²) in [6.45, 7) is 0.0741. The summed E-state index contributed by atoms with van der Waals surface area (Å²) in [5.74, 6) is -0.815. The second kappa shape index (κ2) is 8.69. The predicted molar refractivity (Wildman–Crippen MR) is 126 cm³/mol. The molecule has 176 valence electrons. The quantitative estimate of drug-likeness (QED) is 0.456. The van der Waals surface area contributed by atoms with Gasteiger partial charge in [-0.15, -0.1) is 0 Å². The number of anilines is 1. The molecule has 5 N–H and O–H groups in total. The first-order valence-corrected chi connectivity index (χ1v) is 11.5. The lowest BCUT2D eigenvalue weighted by molar-refractivity contribution is -0.141. The number of carbonyl (C=O) groups excluding carboxylic acids is 3. The molecule has 3 atom stereocenters. The highest BCUT2D eigenvalue weighted by Crippen LogP contribution is 2.43. The van der Waals surface area contributed by atoms with E-state index in [0.717, 1.165) is 24.8 Å². The zero-order valence-corrected chi connectivity index (χ0v) is 19.0. The Morgan fingerprint density at radius 1 is 1.15 bits per heavy atom. The molecule has 2 fully saturated rings. The van der Waals surface area contributed by atoms with E-state index in [0.29, 0.717) is 16.7 Å². The van der Waals surface area contributed by atoms with E-state index in [1.54, 1.807) is 35.2 Å². The summed E-state index contributed by atoms with van der Waals surface area (Å²) in [6, 6.07) is 9.66. The number of para-hydroxylation sites is 1. The molecule has 3 heterocycles. The van der Waals surface area contributed by atoms with E-state index in [2.05, 4.69) is 15.4 Å². The van der Waals surface area contributed by atoms with Gasteiger partial charge in [0.15, 0.2) is 5.69 Å². The van der Waals surface area contributed by atoms with Gasteiger partial charge in [0.1, 0.15) is 23.6 Å².